The SMILES string of the molecule is COC(=O)C1CCCN1C(=O)C(N)c1cnn(C)c1. The van der Waals surface area contributed by atoms with Crippen molar-refractivity contribution in [2.24, 2.45) is 12.8 Å². The fraction of sp³-hybridized carbons (Fsp3) is 0.583. The molecule has 0 aromatic carbocycles. The van der Waals surface area contributed by atoms with Gasteiger partial charge in [-0.2, -0.15) is 5.10 Å². The molecule has 1 aliphatic heterocycles. The van der Waals surface area contributed by atoms with E-state index in [1.807, 2.05) is 0 Å². The van der Waals surface area contributed by atoms with Crippen LogP contribution >= 0.6 is 0 Å². The maximum absolute atomic E-state index is 12.3. The number of esters is 1. The molecule has 7 nitrogen and oxygen atoms in total. The molecule has 1 aromatic heterocycles. The molecule has 1 saturated heterocycles. The summed E-state index contributed by atoms with van der Waals surface area (Å²) in [5, 5.41) is 3.99. The molecule has 104 valence electrons. The third-order valence-electron chi connectivity index (χ3n) is 3.36. The first-order valence-electron chi connectivity index (χ1n) is 6.17. The van der Waals surface area contributed by atoms with Crippen molar-refractivity contribution in [1.29, 1.82) is 0 Å². The van der Waals surface area contributed by atoms with Gasteiger partial charge in [-0.3, -0.25) is 9.48 Å². The minimum atomic E-state index is -0.793. The second kappa shape index (κ2) is 5.40. The van der Waals surface area contributed by atoms with Gasteiger partial charge in [0.1, 0.15) is 12.1 Å². The summed E-state index contributed by atoms with van der Waals surface area (Å²) < 4.78 is 6.30. The van der Waals surface area contributed by atoms with Crippen molar-refractivity contribution in [3.63, 3.8) is 0 Å². The summed E-state index contributed by atoms with van der Waals surface area (Å²) in [6.07, 6.45) is 4.67. The summed E-state index contributed by atoms with van der Waals surface area (Å²) in [5.41, 5.74) is 6.58. The number of amides is 1. The highest BCUT2D eigenvalue weighted by Gasteiger charge is 2.37. The number of methoxy groups -OCH3 is 1. The fourth-order valence-corrected chi connectivity index (χ4v) is 2.33. The van der Waals surface area contributed by atoms with Crippen molar-refractivity contribution < 1.29 is 14.3 Å². The molecule has 2 unspecified atom stereocenters. The lowest BCUT2D eigenvalue weighted by atomic mass is 10.1. The predicted octanol–water partition coefficient (Wildman–Crippen LogP) is -0.416. The van der Waals surface area contributed by atoms with Crippen molar-refractivity contribution in [2.45, 2.75) is 24.9 Å². The number of rotatable bonds is 3. The van der Waals surface area contributed by atoms with Gasteiger partial charge in [-0.25, -0.2) is 4.79 Å². The molecule has 0 spiro atoms. The molecule has 2 N–H and O–H groups in total. The molecule has 1 fully saturated rings. The maximum atomic E-state index is 12.3. The first-order valence-corrected chi connectivity index (χ1v) is 6.17. The number of nitrogens with two attached hydrogens (primary N) is 1. The molecule has 7 heteroatoms. The number of likely N-dealkylation sites (tertiary alicyclic amines) is 1. The van der Waals surface area contributed by atoms with Gasteiger partial charge in [-0.05, 0) is 12.8 Å². The second-order valence-corrected chi connectivity index (χ2v) is 4.64. The van der Waals surface area contributed by atoms with E-state index in [2.05, 4.69) is 5.10 Å². The van der Waals surface area contributed by atoms with Crippen LogP contribution in [-0.2, 0) is 21.4 Å². The van der Waals surface area contributed by atoms with Gasteiger partial charge < -0.3 is 15.4 Å². The van der Waals surface area contributed by atoms with E-state index in [0.29, 0.717) is 18.5 Å². The monoisotopic (exact) mass is 266 g/mol. The zero-order valence-corrected chi connectivity index (χ0v) is 11.1. The molecule has 0 radical (unpaired) electrons. The van der Waals surface area contributed by atoms with Crippen LogP contribution in [0.2, 0.25) is 0 Å². The maximum Gasteiger partial charge on any atom is 0.328 e. The number of hydrogen-bond acceptors (Lipinski definition) is 5. The summed E-state index contributed by atoms with van der Waals surface area (Å²) in [7, 11) is 3.08. The van der Waals surface area contributed by atoms with Crippen molar-refractivity contribution in [1.82, 2.24) is 14.7 Å². The first-order chi connectivity index (χ1) is 9.04. The Labute approximate surface area is 111 Å². The molecule has 1 amide bonds. The Kier molecular flexibility index (Phi) is 3.84. The van der Waals surface area contributed by atoms with E-state index < -0.39 is 12.1 Å². The Bertz CT molecular complexity index is 485. The number of hydrogen-bond donors (Lipinski definition) is 1. The van der Waals surface area contributed by atoms with E-state index in [1.54, 1.807) is 24.1 Å². The van der Waals surface area contributed by atoms with Crippen LogP contribution in [0.5, 0.6) is 0 Å². The highest BCUT2D eigenvalue weighted by Crippen LogP contribution is 2.22. The quantitative estimate of drug-likeness (QED) is 0.751. The number of aryl methyl sites for hydroxylation is 1. The van der Waals surface area contributed by atoms with Crippen molar-refractivity contribution in [3.05, 3.63) is 18.0 Å². The minimum Gasteiger partial charge on any atom is -0.467 e. The van der Waals surface area contributed by atoms with E-state index in [-0.39, 0.29) is 11.9 Å². The topological polar surface area (TPSA) is 90.4 Å². The molecule has 1 aromatic rings. The number of carbonyl (C=O) groups is 2. The average Bonchev–Trinajstić information content (AvgIpc) is 3.04. The van der Waals surface area contributed by atoms with Crippen LogP contribution in [0, 0.1) is 0 Å². The van der Waals surface area contributed by atoms with Crippen LogP contribution < -0.4 is 5.73 Å². The third kappa shape index (κ3) is 2.60. The molecule has 1 aliphatic rings. The van der Waals surface area contributed by atoms with E-state index in [9.17, 15) is 9.59 Å². The Balaban J connectivity index is 2.12. The molecule has 2 heterocycles. The van der Waals surface area contributed by atoms with Crippen LogP contribution in [0.25, 0.3) is 0 Å². The van der Waals surface area contributed by atoms with Gasteiger partial charge in [0.15, 0.2) is 0 Å². The summed E-state index contributed by atoms with van der Waals surface area (Å²) in [6.45, 7) is 0.534. The van der Waals surface area contributed by atoms with Gasteiger partial charge in [0, 0.05) is 25.4 Å². The van der Waals surface area contributed by atoms with Gasteiger partial charge in [-0.1, -0.05) is 0 Å². The zero-order chi connectivity index (χ0) is 14.0. The zero-order valence-electron chi connectivity index (χ0n) is 11.1. The van der Waals surface area contributed by atoms with Crippen LogP contribution in [0.3, 0.4) is 0 Å². The number of aromatic nitrogens is 2. The summed E-state index contributed by atoms with van der Waals surface area (Å²) in [6, 6.07) is -1.31. The van der Waals surface area contributed by atoms with Crippen LogP contribution in [0.4, 0.5) is 0 Å². The lowest BCUT2D eigenvalue weighted by Crippen LogP contribution is -2.45. The number of nitrogens with zero attached hydrogens (tertiary/aromatic N) is 3. The van der Waals surface area contributed by atoms with E-state index >= 15 is 0 Å². The lowest BCUT2D eigenvalue weighted by molar-refractivity contribution is -0.151. The number of carbonyl (C=O) groups excluding carboxylic acids is 2. The lowest BCUT2D eigenvalue weighted by Gasteiger charge is -2.25. The first kappa shape index (κ1) is 13.5. The summed E-state index contributed by atoms with van der Waals surface area (Å²) >= 11 is 0. The third-order valence-corrected chi connectivity index (χ3v) is 3.36. The van der Waals surface area contributed by atoms with Gasteiger partial charge in [0.25, 0.3) is 0 Å². The van der Waals surface area contributed by atoms with Crippen molar-refractivity contribution in [3.8, 4) is 0 Å². The van der Waals surface area contributed by atoms with E-state index in [4.69, 9.17) is 10.5 Å². The van der Waals surface area contributed by atoms with Crippen LogP contribution in [-0.4, -0.2) is 46.3 Å². The smallest absolute Gasteiger partial charge is 0.328 e. The summed E-state index contributed by atoms with van der Waals surface area (Å²) in [5.74, 6) is -0.648. The molecule has 0 saturated carbocycles. The fourth-order valence-electron chi connectivity index (χ4n) is 2.33. The van der Waals surface area contributed by atoms with Gasteiger partial charge in [-0.15, -0.1) is 0 Å². The largest absolute Gasteiger partial charge is 0.467 e. The normalized spacial score (nSPS) is 20.4. The second-order valence-electron chi connectivity index (χ2n) is 4.64. The molecule has 2 rings (SSSR count). The van der Waals surface area contributed by atoms with Crippen molar-refractivity contribution >= 4 is 11.9 Å². The molecule has 2 atom stereocenters. The molecule has 0 aliphatic carbocycles. The molecule has 0 bridgehead atoms. The predicted molar refractivity (Wildman–Crippen MR) is 66.9 cm³/mol. The standard InChI is InChI=1S/C12H18N4O3/c1-15-7-8(6-14-15)10(13)11(17)16-5-3-4-9(16)12(18)19-2/h6-7,9-10H,3-5,13H2,1-2H3. The highest BCUT2D eigenvalue weighted by molar-refractivity contribution is 5.88. The van der Waals surface area contributed by atoms with Crippen LogP contribution in [0.1, 0.15) is 24.4 Å². The van der Waals surface area contributed by atoms with Gasteiger partial charge >= 0.3 is 5.97 Å². The molecular formula is C12H18N4O3. The van der Waals surface area contributed by atoms with Crippen molar-refractivity contribution in [2.75, 3.05) is 13.7 Å². The Morgan fingerprint density at radius 1 is 1.58 bits per heavy atom. The Morgan fingerprint density at radius 3 is 2.89 bits per heavy atom. The van der Waals surface area contributed by atoms with E-state index in [0.717, 1.165) is 6.42 Å². The highest BCUT2D eigenvalue weighted by atomic mass is 16.5. The van der Waals surface area contributed by atoms with Crippen LogP contribution in [0.15, 0.2) is 12.4 Å². The van der Waals surface area contributed by atoms with E-state index in [1.165, 1.54) is 12.0 Å². The van der Waals surface area contributed by atoms with Gasteiger partial charge in [0.2, 0.25) is 5.91 Å². The molecule has 19 heavy (non-hydrogen) atoms. The van der Waals surface area contributed by atoms with Gasteiger partial charge in [0.05, 0.1) is 13.3 Å². The average molecular weight is 266 g/mol. The summed E-state index contributed by atoms with van der Waals surface area (Å²) in [4.78, 5) is 25.5. The Hall–Kier alpha value is -1.89. The number of ether oxygens (including phenoxy) is 1. The minimum absolute atomic E-state index is 0.263. The molecular weight excluding hydrogens is 248 g/mol. The Morgan fingerprint density at radius 2 is 2.32 bits per heavy atom.